The highest BCUT2D eigenvalue weighted by Crippen LogP contribution is 2.67. The molecule has 1 saturated carbocycles. The van der Waals surface area contributed by atoms with Gasteiger partial charge in [-0.2, -0.15) is 0 Å². The number of hydrogen-bond donors (Lipinski definition) is 1. The number of imide groups is 2. The van der Waals surface area contributed by atoms with Gasteiger partial charge in [0, 0.05) is 21.0 Å². The van der Waals surface area contributed by atoms with Crippen LogP contribution in [-0.4, -0.2) is 45.6 Å². The molecule has 8 nitrogen and oxygen atoms in total. The number of rotatable bonds is 4. The standard InChI is InChI=1S/C33H19BrCl3F5N2O6/c1-50-18-9-11(34)8-16(27(18)45)20-14-6-7-15-19(29(47)43(28(15)46)13-4-2-12(35)3-5-13)17(14)10-32(36)30(48)44(31(49)33(20,32)37)26-24(41)22(39)21(38)23(40)25(26)42/h2-6,8-9,15,17,19-20,45H,7,10H2,1H3/t15-,17+,19-,20+,32+,33-/m0/s1. The fraction of sp³-hybridized carbons (Fsp3) is 0.273. The molecule has 3 fully saturated rings. The van der Waals surface area contributed by atoms with E-state index in [-0.39, 0.29) is 38.4 Å². The Hall–Kier alpha value is -3.72. The van der Waals surface area contributed by atoms with Gasteiger partial charge >= 0.3 is 0 Å². The number of fused-ring (bicyclic) bond motifs is 4. The summed E-state index contributed by atoms with van der Waals surface area (Å²) in [5.41, 5.74) is -1.75. The molecule has 0 unspecified atom stereocenters. The molecule has 4 amide bonds. The minimum atomic E-state index is -2.81. The van der Waals surface area contributed by atoms with Crippen LogP contribution >= 0.6 is 50.7 Å². The summed E-state index contributed by atoms with van der Waals surface area (Å²) in [6.07, 6.45) is 0.732. The van der Waals surface area contributed by atoms with Gasteiger partial charge in [-0.3, -0.25) is 24.1 Å². The molecule has 2 saturated heterocycles. The lowest BCUT2D eigenvalue weighted by Gasteiger charge is -2.50. The first kappa shape index (κ1) is 34.7. The Labute approximate surface area is 302 Å². The number of anilines is 2. The minimum Gasteiger partial charge on any atom is -0.504 e. The first-order chi connectivity index (χ1) is 23.5. The summed E-state index contributed by atoms with van der Waals surface area (Å²) in [5.74, 6) is -22.9. The second-order valence-corrected chi connectivity index (χ2v) is 14.8. The molecule has 2 heterocycles. The highest BCUT2D eigenvalue weighted by atomic mass is 79.9. The van der Waals surface area contributed by atoms with Crippen molar-refractivity contribution in [3.8, 4) is 11.5 Å². The van der Waals surface area contributed by atoms with E-state index < -0.39 is 104 Å². The first-order valence-electron chi connectivity index (χ1n) is 14.7. The van der Waals surface area contributed by atoms with E-state index in [9.17, 15) is 37.5 Å². The lowest BCUT2D eigenvalue weighted by Crippen LogP contribution is -2.60. The van der Waals surface area contributed by atoms with Gasteiger partial charge in [0.25, 0.3) is 11.8 Å². The van der Waals surface area contributed by atoms with Crippen molar-refractivity contribution in [1.29, 1.82) is 0 Å². The molecule has 7 rings (SSSR count). The molecule has 3 aromatic rings. The van der Waals surface area contributed by atoms with Crippen molar-refractivity contribution >= 4 is 85.7 Å². The zero-order chi connectivity index (χ0) is 36.4. The van der Waals surface area contributed by atoms with Crippen molar-refractivity contribution in [2.24, 2.45) is 17.8 Å². The van der Waals surface area contributed by atoms with Crippen LogP contribution in [0.1, 0.15) is 24.3 Å². The van der Waals surface area contributed by atoms with Gasteiger partial charge in [-0.15, -0.1) is 23.2 Å². The third-order valence-corrected chi connectivity index (χ3v) is 12.0. The fourth-order valence-corrected chi connectivity index (χ4v) is 9.23. The fourth-order valence-electron chi connectivity index (χ4n) is 7.73. The van der Waals surface area contributed by atoms with Crippen molar-refractivity contribution < 1.29 is 51.0 Å². The third kappa shape index (κ3) is 4.40. The van der Waals surface area contributed by atoms with Gasteiger partial charge in [0.15, 0.2) is 44.5 Å². The monoisotopic (exact) mass is 818 g/mol. The number of halogens is 9. The Balaban J connectivity index is 1.46. The van der Waals surface area contributed by atoms with Crippen molar-refractivity contribution in [3.05, 3.63) is 92.2 Å². The van der Waals surface area contributed by atoms with Gasteiger partial charge < -0.3 is 9.84 Å². The Bertz CT molecular complexity index is 2090. The summed E-state index contributed by atoms with van der Waals surface area (Å²) < 4.78 is 78.9. The largest absolute Gasteiger partial charge is 0.504 e. The average Bonchev–Trinajstić information content (AvgIpc) is 3.42. The van der Waals surface area contributed by atoms with Crippen LogP contribution in [0, 0.1) is 46.8 Å². The molecular formula is C33H19BrCl3F5N2O6. The number of hydrogen-bond acceptors (Lipinski definition) is 6. The summed E-state index contributed by atoms with van der Waals surface area (Å²) in [6.45, 7) is 0. The second-order valence-electron chi connectivity index (χ2n) is 12.2. The van der Waals surface area contributed by atoms with E-state index in [2.05, 4.69) is 15.9 Å². The van der Waals surface area contributed by atoms with E-state index in [4.69, 9.17) is 39.5 Å². The molecule has 3 aromatic carbocycles. The third-order valence-electron chi connectivity index (χ3n) is 9.91. The molecule has 0 aromatic heterocycles. The van der Waals surface area contributed by atoms with E-state index in [1.54, 1.807) is 0 Å². The van der Waals surface area contributed by atoms with Crippen LogP contribution < -0.4 is 14.5 Å². The first-order valence-corrected chi connectivity index (χ1v) is 16.6. The Morgan fingerprint density at radius 3 is 2.06 bits per heavy atom. The van der Waals surface area contributed by atoms with Crippen LogP contribution in [0.2, 0.25) is 5.02 Å². The van der Waals surface area contributed by atoms with Crippen molar-refractivity contribution in [2.45, 2.75) is 28.5 Å². The number of ether oxygens (including phenoxy) is 1. The molecule has 50 heavy (non-hydrogen) atoms. The molecule has 1 N–H and O–H groups in total. The average molecular weight is 821 g/mol. The van der Waals surface area contributed by atoms with Crippen LogP contribution in [0.15, 0.2) is 52.5 Å². The van der Waals surface area contributed by atoms with Gasteiger partial charge in [-0.05, 0) is 55.2 Å². The molecule has 0 bridgehead atoms. The molecule has 4 aliphatic rings. The lowest BCUT2D eigenvalue weighted by molar-refractivity contribution is -0.125. The number of nitrogens with zero attached hydrogens (tertiary/aromatic N) is 2. The predicted octanol–water partition coefficient (Wildman–Crippen LogP) is 7.28. The van der Waals surface area contributed by atoms with Crippen molar-refractivity contribution in [3.63, 3.8) is 0 Å². The smallest absolute Gasteiger partial charge is 0.258 e. The van der Waals surface area contributed by atoms with Crippen LogP contribution in [0.25, 0.3) is 0 Å². The summed E-state index contributed by atoms with van der Waals surface area (Å²) in [5, 5.41) is 11.7. The van der Waals surface area contributed by atoms with Crippen LogP contribution in [0.5, 0.6) is 11.5 Å². The van der Waals surface area contributed by atoms with Crippen LogP contribution in [-0.2, 0) is 19.2 Å². The summed E-state index contributed by atoms with van der Waals surface area (Å²) in [6, 6.07) is 8.50. The van der Waals surface area contributed by atoms with Gasteiger partial charge in [0.05, 0.1) is 24.6 Å². The Morgan fingerprint density at radius 1 is 0.860 bits per heavy atom. The summed E-state index contributed by atoms with van der Waals surface area (Å²) >= 11 is 23.5. The highest BCUT2D eigenvalue weighted by Gasteiger charge is 2.77. The maximum absolute atomic E-state index is 15.2. The maximum Gasteiger partial charge on any atom is 0.258 e. The number of aromatic hydroxyl groups is 1. The SMILES string of the molecule is COc1cc(Br)cc([C@H]2C3=CC[C@@H]4C(=O)N(c5ccc(Cl)cc5)C(=O)[C@@H]4[C@@H]3C[C@@]3(Cl)C(=O)N(c4c(F)c(F)c(F)c(F)c4F)C(=O)[C@@]23Cl)c1O. The summed E-state index contributed by atoms with van der Waals surface area (Å²) in [7, 11) is 1.21. The van der Waals surface area contributed by atoms with Gasteiger partial charge in [-0.25, -0.2) is 26.9 Å². The Kier molecular flexibility index (Phi) is 8.09. The van der Waals surface area contributed by atoms with E-state index in [1.807, 2.05) is 0 Å². The van der Waals surface area contributed by atoms with Crippen molar-refractivity contribution in [2.75, 3.05) is 16.9 Å². The number of amides is 4. The highest BCUT2D eigenvalue weighted by molar-refractivity contribution is 9.10. The van der Waals surface area contributed by atoms with Gasteiger partial charge in [0.1, 0.15) is 5.69 Å². The number of methoxy groups -OCH3 is 1. The van der Waals surface area contributed by atoms with Crippen LogP contribution in [0.3, 0.4) is 0 Å². The van der Waals surface area contributed by atoms with Crippen LogP contribution in [0.4, 0.5) is 33.3 Å². The number of carbonyl (C=O) groups is 4. The van der Waals surface area contributed by atoms with E-state index >= 15 is 8.78 Å². The second kappa shape index (κ2) is 11.7. The number of phenolic OH excluding ortho intramolecular Hbond substituents is 1. The molecule has 6 atom stereocenters. The Morgan fingerprint density at radius 2 is 1.46 bits per heavy atom. The van der Waals surface area contributed by atoms with Gasteiger partial charge in [-0.1, -0.05) is 39.2 Å². The number of carbonyl (C=O) groups excluding carboxylic acids is 4. The number of allylic oxidation sites excluding steroid dienone is 2. The number of alkyl halides is 2. The molecule has 2 aliphatic heterocycles. The maximum atomic E-state index is 15.2. The minimum absolute atomic E-state index is 0.0840. The molecular weight excluding hydrogens is 802 g/mol. The number of benzene rings is 3. The number of phenols is 1. The zero-order valence-corrected chi connectivity index (χ0v) is 28.9. The van der Waals surface area contributed by atoms with Gasteiger partial charge in [0.2, 0.25) is 17.6 Å². The molecule has 0 spiro atoms. The molecule has 0 radical (unpaired) electrons. The normalized spacial score (nSPS) is 28.9. The summed E-state index contributed by atoms with van der Waals surface area (Å²) in [4.78, 5) is 51.7. The lowest BCUT2D eigenvalue weighted by atomic mass is 9.56. The van der Waals surface area contributed by atoms with E-state index in [0.717, 1.165) is 4.90 Å². The quantitative estimate of drug-likeness (QED) is 0.0742. The topological polar surface area (TPSA) is 104 Å². The zero-order valence-electron chi connectivity index (χ0n) is 25.0. The van der Waals surface area contributed by atoms with Crippen molar-refractivity contribution in [1.82, 2.24) is 0 Å². The predicted molar refractivity (Wildman–Crippen MR) is 173 cm³/mol. The van der Waals surface area contributed by atoms with E-state index in [0.29, 0.717) is 5.02 Å². The molecule has 17 heteroatoms. The molecule has 260 valence electrons. The van der Waals surface area contributed by atoms with E-state index in [1.165, 1.54) is 49.6 Å². The molecule has 2 aliphatic carbocycles.